The van der Waals surface area contributed by atoms with Gasteiger partial charge in [0.1, 0.15) is 22.4 Å². The van der Waals surface area contributed by atoms with Crippen LogP contribution in [0.3, 0.4) is 0 Å². The molecule has 17 nitrogen and oxygen atoms in total. The molecule has 0 radical (unpaired) electrons. The van der Waals surface area contributed by atoms with E-state index < -0.39 is 52.7 Å². The van der Waals surface area contributed by atoms with Crippen LogP contribution < -0.4 is 16.0 Å². The Bertz CT molecular complexity index is 2040. The number of hydrogen-bond donors (Lipinski definition) is 3. The summed E-state index contributed by atoms with van der Waals surface area (Å²) in [6.07, 6.45) is 3.29. The molecule has 4 rings (SSSR count). The third-order valence-electron chi connectivity index (χ3n) is 8.13. The number of anilines is 1. The van der Waals surface area contributed by atoms with Gasteiger partial charge in [0.25, 0.3) is 5.91 Å². The van der Waals surface area contributed by atoms with Crippen LogP contribution in [0.2, 0.25) is 0 Å². The second-order valence-electron chi connectivity index (χ2n) is 18.2. The van der Waals surface area contributed by atoms with Gasteiger partial charge in [-0.25, -0.2) is 19.2 Å². The molecule has 2 aliphatic heterocycles. The van der Waals surface area contributed by atoms with Crippen LogP contribution in [-0.2, 0) is 18.9 Å². The van der Waals surface area contributed by atoms with Crippen LogP contribution >= 0.6 is 0 Å². The minimum Gasteiger partial charge on any atom is -0.459 e. The Morgan fingerprint density at radius 3 is 1.40 bits per heavy atom. The average Bonchev–Trinajstić information content (AvgIpc) is 3.59. The maximum Gasteiger partial charge on any atom is 0.437 e. The van der Waals surface area contributed by atoms with E-state index in [1.165, 1.54) is 6.26 Å². The quantitative estimate of drug-likeness (QED) is 0.151. The zero-order valence-electron chi connectivity index (χ0n) is 36.7. The largest absolute Gasteiger partial charge is 0.459 e. The zero-order chi connectivity index (χ0) is 44.6. The van der Waals surface area contributed by atoms with Gasteiger partial charge in [0, 0.05) is 37.4 Å². The highest BCUT2D eigenvalue weighted by atomic mass is 16.6. The lowest BCUT2D eigenvalue weighted by Gasteiger charge is -2.30. The van der Waals surface area contributed by atoms with Crippen LogP contribution in [0.5, 0.6) is 0 Å². The first kappa shape index (κ1) is 46.6. The molecule has 3 N–H and O–H groups in total. The fourth-order valence-electron chi connectivity index (χ4n) is 5.72. The van der Waals surface area contributed by atoms with E-state index in [-0.39, 0.29) is 17.7 Å². The summed E-state index contributed by atoms with van der Waals surface area (Å²) in [6, 6.07) is 9.05. The molecule has 60 heavy (non-hydrogen) atoms. The van der Waals surface area contributed by atoms with E-state index in [1.54, 1.807) is 111 Å². The molecular formula is C43H59N7O10. The van der Waals surface area contributed by atoms with Crippen LogP contribution in [-0.4, -0.2) is 101 Å². The fourth-order valence-corrected chi connectivity index (χ4v) is 5.72. The predicted octanol–water partition coefficient (Wildman–Crippen LogP) is 8.34. The Morgan fingerprint density at radius 1 is 0.600 bits per heavy atom. The first-order valence-electron chi connectivity index (χ1n) is 19.7. The second kappa shape index (κ2) is 18.8. The number of hydrogen-bond acceptors (Lipinski definition) is 10. The number of benzene rings is 1. The molecule has 1 aromatic carbocycles. The van der Waals surface area contributed by atoms with Gasteiger partial charge in [-0.3, -0.25) is 15.4 Å². The maximum absolute atomic E-state index is 13.2. The number of carbonyl (C=O) groups is 5. The molecule has 5 amide bonds. The van der Waals surface area contributed by atoms with E-state index in [0.29, 0.717) is 44.7 Å². The minimum absolute atomic E-state index is 0.000285. The first-order valence-corrected chi connectivity index (χ1v) is 19.7. The molecule has 17 heteroatoms. The Kier molecular flexibility index (Phi) is 14.6. The third-order valence-corrected chi connectivity index (χ3v) is 8.13. The van der Waals surface area contributed by atoms with Crippen LogP contribution in [0.15, 0.2) is 63.1 Å². The van der Waals surface area contributed by atoms with E-state index >= 15 is 0 Å². The third kappa shape index (κ3) is 15.6. The van der Waals surface area contributed by atoms with E-state index in [2.05, 4.69) is 25.9 Å². The highest BCUT2D eigenvalue weighted by Crippen LogP contribution is 2.27. The molecule has 0 bridgehead atoms. The Morgan fingerprint density at radius 2 is 1.02 bits per heavy atom. The number of amides is 5. The number of guanidine groups is 2. The number of alkyl carbamates (subject to hydrolysis) is 2. The number of nitrogens with one attached hydrogen (secondary N) is 3. The van der Waals surface area contributed by atoms with Crippen molar-refractivity contribution in [2.45, 2.75) is 118 Å². The summed E-state index contributed by atoms with van der Waals surface area (Å²) in [5.41, 5.74) is 1.12. The van der Waals surface area contributed by atoms with Crippen molar-refractivity contribution in [3.8, 4) is 0 Å². The van der Waals surface area contributed by atoms with Gasteiger partial charge in [0.15, 0.2) is 5.76 Å². The van der Waals surface area contributed by atoms with Crippen molar-refractivity contribution in [2.75, 3.05) is 31.5 Å². The van der Waals surface area contributed by atoms with Gasteiger partial charge in [-0.1, -0.05) is 24.3 Å². The maximum atomic E-state index is 13.2. The van der Waals surface area contributed by atoms with E-state index in [9.17, 15) is 24.0 Å². The lowest BCUT2D eigenvalue weighted by atomic mass is 9.99. The predicted molar refractivity (Wildman–Crippen MR) is 228 cm³/mol. The Hall–Kier alpha value is -6.13. The SMILES string of the molecule is CC(C)(C)OC(=O)N=C(NC(=O)OC(C)(C)C)N1CC=C(c2ccc(NC(=O)c3cc(C4=CCN(C(=NC(=O)OC(C)(C)C)NC(=O)OC(C)(C)C)CC4)co3)cc2)CC1. The molecule has 2 aliphatic rings. The fraction of sp³-hybridized carbons (Fsp3) is 0.512. The van der Waals surface area contributed by atoms with Crippen molar-refractivity contribution in [1.29, 1.82) is 0 Å². The number of ether oxygens (including phenoxy) is 4. The molecular weight excluding hydrogens is 775 g/mol. The van der Waals surface area contributed by atoms with Gasteiger partial charge >= 0.3 is 24.4 Å². The van der Waals surface area contributed by atoms with Crippen LogP contribution in [0, 0.1) is 0 Å². The van der Waals surface area contributed by atoms with Crippen molar-refractivity contribution in [2.24, 2.45) is 9.98 Å². The number of furan rings is 1. The molecule has 1 aromatic heterocycles. The summed E-state index contributed by atoms with van der Waals surface area (Å²) in [5, 5.41) is 8.05. The minimum atomic E-state index is -0.852. The molecule has 0 aliphatic carbocycles. The normalized spacial score (nSPS) is 15.6. The van der Waals surface area contributed by atoms with Gasteiger partial charge < -0.3 is 38.5 Å². The standard InChI is InChI=1S/C43H59N7O10/c1-40(2,3)57-36(52)45-34(46-37(53)58-41(4,5)6)49-21-17-28(18-22-49)27-13-15-31(16-14-27)44-33(51)32-25-30(26-56-32)29-19-23-50(24-20-29)35(47-38(54)59-42(7,8)9)48-39(55)60-43(10,11)12/h13-17,19,25-26H,18,20-24H2,1-12H3,(H,44,51)(H,45,46,52,53)(H,47,48,54,55). The van der Waals surface area contributed by atoms with Crippen molar-refractivity contribution in [1.82, 2.24) is 20.4 Å². The van der Waals surface area contributed by atoms with E-state index in [0.717, 1.165) is 22.3 Å². The first-order chi connectivity index (χ1) is 27.7. The molecule has 0 unspecified atom stereocenters. The molecule has 0 saturated heterocycles. The van der Waals surface area contributed by atoms with Crippen LogP contribution in [0.4, 0.5) is 24.9 Å². The summed E-state index contributed by atoms with van der Waals surface area (Å²) in [5.74, 6) is -0.279. The van der Waals surface area contributed by atoms with Gasteiger partial charge in [0.05, 0.1) is 6.26 Å². The number of nitrogens with zero attached hydrogens (tertiary/aromatic N) is 4. The summed E-state index contributed by atoms with van der Waals surface area (Å²) in [7, 11) is 0. The Labute approximate surface area is 351 Å². The van der Waals surface area contributed by atoms with E-state index in [1.807, 2.05) is 24.3 Å². The monoisotopic (exact) mass is 833 g/mol. The van der Waals surface area contributed by atoms with Crippen molar-refractivity contribution in [3.05, 3.63) is 65.6 Å². The van der Waals surface area contributed by atoms with Gasteiger partial charge in [0.2, 0.25) is 11.9 Å². The highest BCUT2D eigenvalue weighted by molar-refractivity contribution is 6.03. The number of aliphatic imine (C=N–C) groups is 2. The molecule has 0 atom stereocenters. The van der Waals surface area contributed by atoms with Gasteiger partial charge in [-0.15, -0.1) is 9.98 Å². The summed E-state index contributed by atoms with van der Waals surface area (Å²) >= 11 is 0. The zero-order valence-corrected chi connectivity index (χ0v) is 36.7. The average molecular weight is 834 g/mol. The lowest BCUT2D eigenvalue weighted by molar-refractivity contribution is 0.0536. The molecule has 3 heterocycles. The molecule has 0 fully saturated rings. The Balaban J connectivity index is 1.38. The van der Waals surface area contributed by atoms with Crippen LogP contribution in [0.25, 0.3) is 11.1 Å². The van der Waals surface area contributed by atoms with Gasteiger partial charge in [-0.2, -0.15) is 0 Å². The van der Waals surface area contributed by atoms with Crippen molar-refractivity contribution >= 4 is 59.0 Å². The van der Waals surface area contributed by atoms with Gasteiger partial charge in [-0.05, 0) is 131 Å². The lowest BCUT2D eigenvalue weighted by Crippen LogP contribution is -2.48. The molecule has 2 aromatic rings. The summed E-state index contributed by atoms with van der Waals surface area (Å²) in [4.78, 5) is 75.1. The van der Waals surface area contributed by atoms with Crippen molar-refractivity contribution in [3.63, 3.8) is 0 Å². The van der Waals surface area contributed by atoms with Crippen LogP contribution in [0.1, 0.15) is 118 Å². The smallest absolute Gasteiger partial charge is 0.437 e. The number of carbonyl (C=O) groups excluding carboxylic acids is 5. The highest BCUT2D eigenvalue weighted by Gasteiger charge is 2.27. The second-order valence-corrected chi connectivity index (χ2v) is 18.2. The topological polar surface area (TPSA) is 203 Å². The van der Waals surface area contributed by atoms with E-state index in [4.69, 9.17) is 23.4 Å². The summed E-state index contributed by atoms with van der Waals surface area (Å²) in [6.45, 7) is 22.2. The number of rotatable bonds is 4. The molecule has 0 spiro atoms. The molecule has 326 valence electrons. The molecule has 0 saturated carbocycles. The van der Waals surface area contributed by atoms with Crippen molar-refractivity contribution < 1.29 is 47.3 Å². The summed E-state index contributed by atoms with van der Waals surface area (Å²) < 4.78 is 27.1.